The highest BCUT2D eigenvalue weighted by Crippen LogP contribution is 2.33. The smallest absolute Gasteiger partial charge is 0.337 e. The van der Waals surface area contributed by atoms with Crippen molar-refractivity contribution in [3.63, 3.8) is 0 Å². The molecule has 1 fully saturated rings. The summed E-state index contributed by atoms with van der Waals surface area (Å²) in [7, 11) is 1.31. The molecule has 1 heterocycles. The highest BCUT2D eigenvalue weighted by Gasteiger charge is 2.36. The van der Waals surface area contributed by atoms with Gasteiger partial charge in [-0.05, 0) is 43.3 Å². The van der Waals surface area contributed by atoms with Gasteiger partial charge in [0.2, 0.25) is 11.8 Å². The van der Waals surface area contributed by atoms with Crippen LogP contribution in [-0.4, -0.2) is 38.0 Å². The number of hydrogen-bond donors (Lipinski definition) is 1. The molecule has 0 spiro atoms. The number of benzene rings is 2. The number of para-hydroxylation sites is 2. The van der Waals surface area contributed by atoms with Crippen LogP contribution in [-0.2, 0) is 14.3 Å². The zero-order valence-electron chi connectivity index (χ0n) is 15.8. The highest BCUT2D eigenvalue weighted by molar-refractivity contribution is 6.04. The maximum atomic E-state index is 12.6. The first-order chi connectivity index (χ1) is 13.5. The number of ether oxygens (including phenoxy) is 2. The Labute approximate surface area is 163 Å². The van der Waals surface area contributed by atoms with E-state index in [1.165, 1.54) is 7.11 Å². The maximum absolute atomic E-state index is 12.6. The Kier molecular flexibility index (Phi) is 5.93. The Morgan fingerprint density at radius 3 is 2.54 bits per heavy atom. The summed E-state index contributed by atoms with van der Waals surface area (Å²) in [6.07, 6.45) is 0.131. The van der Waals surface area contributed by atoms with Crippen LogP contribution in [0.2, 0.25) is 0 Å². The Balaban J connectivity index is 1.68. The molecule has 3 rings (SSSR count). The number of rotatable bonds is 6. The molecule has 1 aliphatic heterocycles. The molecular formula is C21H22N2O5. The lowest BCUT2D eigenvalue weighted by atomic mass is 10.1. The quantitative estimate of drug-likeness (QED) is 0.777. The molecule has 7 nitrogen and oxygen atoms in total. The molecule has 1 saturated heterocycles. The van der Waals surface area contributed by atoms with Crippen LogP contribution >= 0.6 is 0 Å². The van der Waals surface area contributed by atoms with Crippen molar-refractivity contribution >= 4 is 29.2 Å². The third-order valence-corrected chi connectivity index (χ3v) is 4.53. The molecule has 1 atom stereocenters. The second-order valence-corrected chi connectivity index (χ2v) is 6.36. The van der Waals surface area contributed by atoms with Crippen LogP contribution in [0.25, 0.3) is 0 Å². The van der Waals surface area contributed by atoms with Gasteiger partial charge in [-0.2, -0.15) is 0 Å². The van der Waals surface area contributed by atoms with E-state index in [0.717, 1.165) is 0 Å². The lowest BCUT2D eigenvalue weighted by molar-refractivity contribution is -0.122. The van der Waals surface area contributed by atoms with Gasteiger partial charge in [0.1, 0.15) is 5.75 Å². The number of nitrogens with one attached hydrogen (secondary N) is 1. The molecule has 1 aliphatic rings. The summed E-state index contributed by atoms with van der Waals surface area (Å²) in [6.45, 7) is 2.66. The minimum atomic E-state index is -0.470. The second kappa shape index (κ2) is 8.56. The van der Waals surface area contributed by atoms with Gasteiger partial charge in [-0.25, -0.2) is 4.79 Å². The molecule has 146 valence electrons. The van der Waals surface area contributed by atoms with E-state index < -0.39 is 11.9 Å². The van der Waals surface area contributed by atoms with E-state index in [0.29, 0.717) is 29.3 Å². The van der Waals surface area contributed by atoms with Gasteiger partial charge < -0.3 is 19.7 Å². The van der Waals surface area contributed by atoms with Crippen LogP contribution in [0.1, 0.15) is 23.7 Å². The molecule has 2 amide bonds. The highest BCUT2D eigenvalue weighted by atomic mass is 16.5. The Morgan fingerprint density at radius 2 is 1.86 bits per heavy atom. The predicted molar refractivity (Wildman–Crippen MR) is 104 cm³/mol. The fourth-order valence-electron chi connectivity index (χ4n) is 3.13. The third-order valence-electron chi connectivity index (χ3n) is 4.53. The number of carbonyl (C=O) groups is 3. The SMILES string of the molecule is CCOc1ccccc1N1C[C@H](C(=O)Nc2ccc(C(=O)OC)cc2)CC1=O. The summed E-state index contributed by atoms with van der Waals surface area (Å²) in [6, 6.07) is 13.7. The van der Waals surface area contributed by atoms with E-state index >= 15 is 0 Å². The van der Waals surface area contributed by atoms with Gasteiger partial charge in [-0.1, -0.05) is 12.1 Å². The molecule has 0 radical (unpaired) electrons. The summed E-state index contributed by atoms with van der Waals surface area (Å²) >= 11 is 0. The van der Waals surface area contributed by atoms with E-state index in [-0.39, 0.29) is 24.8 Å². The molecular weight excluding hydrogens is 360 g/mol. The largest absolute Gasteiger partial charge is 0.492 e. The lowest BCUT2D eigenvalue weighted by Crippen LogP contribution is -2.28. The molecule has 0 aliphatic carbocycles. The molecule has 0 bridgehead atoms. The number of anilines is 2. The Morgan fingerprint density at radius 1 is 1.14 bits per heavy atom. The van der Waals surface area contributed by atoms with Crippen molar-refractivity contribution in [2.45, 2.75) is 13.3 Å². The van der Waals surface area contributed by atoms with Crippen molar-refractivity contribution in [1.82, 2.24) is 0 Å². The fraction of sp³-hybridized carbons (Fsp3) is 0.286. The number of esters is 1. The van der Waals surface area contributed by atoms with Crippen molar-refractivity contribution in [3.8, 4) is 5.75 Å². The number of hydrogen-bond acceptors (Lipinski definition) is 5. The molecule has 1 N–H and O–H groups in total. The molecule has 2 aromatic rings. The van der Waals surface area contributed by atoms with Crippen LogP contribution in [0.15, 0.2) is 48.5 Å². The first-order valence-electron chi connectivity index (χ1n) is 9.05. The summed E-state index contributed by atoms with van der Waals surface area (Å²) in [5.41, 5.74) is 1.63. The fourth-order valence-corrected chi connectivity index (χ4v) is 3.13. The summed E-state index contributed by atoms with van der Waals surface area (Å²) < 4.78 is 10.2. The van der Waals surface area contributed by atoms with Gasteiger partial charge in [0.25, 0.3) is 0 Å². The van der Waals surface area contributed by atoms with Crippen LogP contribution < -0.4 is 15.0 Å². The van der Waals surface area contributed by atoms with E-state index in [1.807, 2.05) is 31.2 Å². The molecule has 0 aromatic heterocycles. The zero-order chi connectivity index (χ0) is 20.1. The lowest BCUT2D eigenvalue weighted by Gasteiger charge is -2.20. The Hall–Kier alpha value is -3.35. The minimum absolute atomic E-state index is 0.117. The van der Waals surface area contributed by atoms with Crippen LogP contribution in [0.5, 0.6) is 5.75 Å². The number of nitrogens with zero attached hydrogens (tertiary/aromatic N) is 1. The zero-order valence-corrected chi connectivity index (χ0v) is 15.8. The van der Waals surface area contributed by atoms with Gasteiger partial charge in [-0.15, -0.1) is 0 Å². The van der Waals surface area contributed by atoms with Crippen molar-refractivity contribution in [2.75, 3.05) is 30.5 Å². The third kappa shape index (κ3) is 4.14. The van der Waals surface area contributed by atoms with Gasteiger partial charge in [0.15, 0.2) is 0 Å². The molecule has 0 saturated carbocycles. The first kappa shape index (κ1) is 19.4. The van der Waals surface area contributed by atoms with Crippen molar-refractivity contribution < 1.29 is 23.9 Å². The van der Waals surface area contributed by atoms with E-state index in [2.05, 4.69) is 10.1 Å². The van der Waals surface area contributed by atoms with Crippen molar-refractivity contribution in [2.24, 2.45) is 5.92 Å². The molecule has 0 unspecified atom stereocenters. The minimum Gasteiger partial charge on any atom is -0.492 e. The summed E-state index contributed by atoms with van der Waals surface area (Å²) in [5, 5.41) is 2.80. The number of methoxy groups -OCH3 is 1. The predicted octanol–water partition coefficient (Wildman–Crippen LogP) is 2.86. The van der Waals surface area contributed by atoms with Crippen LogP contribution in [0.3, 0.4) is 0 Å². The van der Waals surface area contributed by atoms with E-state index in [9.17, 15) is 14.4 Å². The van der Waals surface area contributed by atoms with Gasteiger partial charge >= 0.3 is 5.97 Å². The molecule has 28 heavy (non-hydrogen) atoms. The second-order valence-electron chi connectivity index (χ2n) is 6.36. The van der Waals surface area contributed by atoms with Crippen molar-refractivity contribution in [1.29, 1.82) is 0 Å². The average molecular weight is 382 g/mol. The maximum Gasteiger partial charge on any atom is 0.337 e. The molecule has 2 aromatic carbocycles. The van der Waals surface area contributed by atoms with Crippen LogP contribution in [0.4, 0.5) is 11.4 Å². The van der Waals surface area contributed by atoms with Gasteiger partial charge in [0, 0.05) is 18.7 Å². The monoisotopic (exact) mass is 382 g/mol. The van der Waals surface area contributed by atoms with Gasteiger partial charge in [-0.3, -0.25) is 9.59 Å². The number of carbonyl (C=O) groups excluding carboxylic acids is 3. The standard InChI is InChI=1S/C21H22N2O5/c1-3-28-18-7-5-4-6-17(18)23-13-15(12-19(23)24)20(25)22-16-10-8-14(9-11-16)21(26)27-2/h4-11,15H,3,12-13H2,1-2H3,(H,22,25)/t15-/m1/s1. The molecule has 7 heteroatoms. The topological polar surface area (TPSA) is 84.9 Å². The Bertz CT molecular complexity index is 879. The first-order valence-corrected chi connectivity index (χ1v) is 9.05. The normalized spacial score (nSPS) is 16.0. The van der Waals surface area contributed by atoms with E-state index in [1.54, 1.807) is 29.2 Å². The van der Waals surface area contributed by atoms with E-state index in [4.69, 9.17) is 4.74 Å². The van der Waals surface area contributed by atoms with Crippen LogP contribution in [0, 0.1) is 5.92 Å². The number of amides is 2. The average Bonchev–Trinajstić information content (AvgIpc) is 3.10. The summed E-state index contributed by atoms with van der Waals surface area (Å²) in [5.74, 6) is -0.646. The van der Waals surface area contributed by atoms with Gasteiger partial charge in [0.05, 0.1) is 30.9 Å². The summed E-state index contributed by atoms with van der Waals surface area (Å²) in [4.78, 5) is 38.2. The van der Waals surface area contributed by atoms with Crippen molar-refractivity contribution in [3.05, 3.63) is 54.1 Å².